The van der Waals surface area contributed by atoms with Gasteiger partial charge in [0.1, 0.15) is 18.1 Å². The average Bonchev–Trinajstić information content (AvgIpc) is 2.81. The van der Waals surface area contributed by atoms with Crippen LogP contribution < -0.4 is 9.47 Å². The molecule has 1 heterocycles. The van der Waals surface area contributed by atoms with E-state index in [1.807, 2.05) is 30.3 Å². The Bertz CT molecular complexity index is 479. The lowest BCUT2D eigenvalue weighted by atomic mass is 10.3. The monoisotopic (exact) mass is 326 g/mol. The zero-order chi connectivity index (χ0) is 12.8. The Morgan fingerprint density at radius 3 is 2.22 bits per heavy atom. The minimum absolute atomic E-state index is 0.603. The first kappa shape index (κ1) is 13.4. The molecular weight excluding hydrogens is 312 g/mol. The van der Waals surface area contributed by atoms with Crippen LogP contribution in [0.1, 0.15) is 18.2 Å². The van der Waals surface area contributed by atoms with Gasteiger partial charge in [-0.05, 0) is 58.7 Å². The van der Waals surface area contributed by atoms with Crippen LogP contribution in [0, 0.1) is 0 Å². The Labute approximate surface area is 120 Å². The van der Waals surface area contributed by atoms with Gasteiger partial charge in [-0.3, -0.25) is 0 Å². The number of hydrogen-bond acceptors (Lipinski definition) is 3. The molecule has 0 aliphatic carbocycles. The number of benzene rings is 1. The second-order valence-electron chi connectivity index (χ2n) is 3.81. The van der Waals surface area contributed by atoms with Crippen LogP contribution in [-0.4, -0.2) is 6.61 Å². The van der Waals surface area contributed by atoms with Crippen molar-refractivity contribution in [1.29, 1.82) is 0 Å². The maximum absolute atomic E-state index is 5.70. The zero-order valence-corrected chi connectivity index (χ0v) is 12.6. The molecule has 0 atom stereocenters. The summed E-state index contributed by atoms with van der Waals surface area (Å²) in [5.74, 6) is 1.76. The predicted molar refractivity (Wildman–Crippen MR) is 78.6 cm³/mol. The molecule has 0 spiro atoms. The SMILES string of the molecule is CCCOc1ccc(OCc2ccc(Br)s2)cc1. The van der Waals surface area contributed by atoms with Crippen molar-refractivity contribution in [2.75, 3.05) is 6.61 Å². The van der Waals surface area contributed by atoms with Gasteiger partial charge in [-0.2, -0.15) is 0 Å². The first-order valence-electron chi connectivity index (χ1n) is 5.88. The zero-order valence-electron chi connectivity index (χ0n) is 10.2. The highest BCUT2D eigenvalue weighted by atomic mass is 79.9. The summed E-state index contributed by atoms with van der Waals surface area (Å²) in [4.78, 5) is 1.20. The highest BCUT2D eigenvalue weighted by Crippen LogP contribution is 2.24. The van der Waals surface area contributed by atoms with Crippen molar-refractivity contribution in [3.8, 4) is 11.5 Å². The van der Waals surface area contributed by atoms with Crippen LogP contribution in [0.5, 0.6) is 11.5 Å². The van der Waals surface area contributed by atoms with E-state index in [4.69, 9.17) is 9.47 Å². The molecule has 18 heavy (non-hydrogen) atoms. The van der Waals surface area contributed by atoms with E-state index in [1.165, 1.54) is 4.88 Å². The van der Waals surface area contributed by atoms with Gasteiger partial charge in [-0.25, -0.2) is 0 Å². The number of thiophene rings is 1. The molecule has 0 N–H and O–H groups in total. The second kappa shape index (κ2) is 6.81. The molecule has 2 nitrogen and oxygen atoms in total. The van der Waals surface area contributed by atoms with E-state index in [0.29, 0.717) is 6.61 Å². The van der Waals surface area contributed by atoms with Crippen LogP contribution in [0.3, 0.4) is 0 Å². The molecule has 0 bridgehead atoms. The van der Waals surface area contributed by atoms with E-state index in [9.17, 15) is 0 Å². The lowest BCUT2D eigenvalue weighted by Gasteiger charge is -2.07. The van der Waals surface area contributed by atoms with Gasteiger partial charge in [-0.1, -0.05) is 6.92 Å². The summed E-state index contributed by atoms with van der Waals surface area (Å²) in [6.07, 6.45) is 1.02. The Morgan fingerprint density at radius 1 is 1.00 bits per heavy atom. The molecule has 2 rings (SSSR count). The van der Waals surface area contributed by atoms with Crippen molar-refractivity contribution in [3.05, 3.63) is 45.1 Å². The molecule has 1 aromatic carbocycles. The van der Waals surface area contributed by atoms with Gasteiger partial charge < -0.3 is 9.47 Å². The molecule has 0 aliphatic heterocycles. The third-order valence-corrected chi connectivity index (χ3v) is 3.90. The molecule has 0 fully saturated rings. The van der Waals surface area contributed by atoms with Crippen LogP contribution in [0.2, 0.25) is 0 Å². The lowest BCUT2D eigenvalue weighted by Crippen LogP contribution is -1.95. The fraction of sp³-hybridized carbons (Fsp3) is 0.286. The molecule has 0 amide bonds. The maximum atomic E-state index is 5.70. The summed E-state index contributed by atoms with van der Waals surface area (Å²) in [7, 11) is 0. The maximum Gasteiger partial charge on any atom is 0.122 e. The third kappa shape index (κ3) is 4.03. The summed E-state index contributed by atoms with van der Waals surface area (Å²) in [6, 6.07) is 11.9. The number of rotatable bonds is 6. The van der Waals surface area contributed by atoms with Crippen molar-refractivity contribution in [2.24, 2.45) is 0 Å². The first-order valence-corrected chi connectivity index (χ1v) is 7.49. The van der Waals surface area contributed by atoms with E-state index >= 15 is 0 Å². The summed E-state index contributed by atoms with van der Waals surface area (Å²) in [5.41, 5.74) is 0. The minimum Gasteiger partial charge on any atom is -0.494 e. The molecule has 1 aromatic heterocycles. The van der Waals surface area contributed by atoms with Crippen molar-refractivity contribution >= 4 is 27.3 Å². The van der Waals surface area contributed by atoms with Gasteiger partial charge in [0.15, 0.2) is 0 Å². The molecule has 0 radical (unpaired) electrons. The molecule has 0 unspecified atom stereocenters. The van der Waals surface area contributed by atoms with E-state index in [2.05, 4.69) is 28.9 Å². The van der Waals surface area contributed by atoms with E-state index in [1.54, 1.807) is 11.3 Å². The van der Waals surface area contributed by atoms with Crippen molar-refractivity contribution in [3.63, 3.8) is 0 Å². The van der Waals surface area contributed by atoms with E-state index < -0.39 is 0 Å². The van der Waals surface area contributed by atoms with E-state index in [-0.39, 0.29) is 0 Å². The summed E-state index contributed by atoms with van der Waals surface area (Å²) < 4.78 is 12.3. The van der Waals surface area contributed by atoms with Gasteiger partial charge in [0, 0.05) is 4.88 Å². The minimum atomic E-state index is 0.603. The molecular formula is C14H15BrO2S. The smallest absolute Gasteiger partial charge is 0.122 e. The van der Waals surface area contributed by atoms with Crippen LogP contribution in [0.15, 0.2) is 40.2 Å². The van der Waals surface area contributed by atoms with Crippen molar-refractivity contribution < 1.29 is 9.47 Å². The number of ether oxygens (including phenoxy) is 2. The Hall–Kier alpha value is -1.00. The second-order valence-corrected chi connectivity index (χ2v) is 6.36. The average molecular weight is 327 g/mol. The Balaban J connectivity index is 1.86. The molecule has 96 valence electrons. The largest absolute Gasteiger partial charge is 0.494 e. The molecule has 0 saturated heterocycles. The molecule has 0 saturated carbocycles. The topological polar surface area (TPSA) is 18.5 Å². The predicted octanol–water partition coefficient (Wildman–Crippen LogP) is 4.88. The molecule has 0 aliphatic rings. The van der Waals surface area contributed by atoms with Gasteiger partial charge in [0.25, 0.3) is 0 Å². The fourth-order valence-corrected chi connectivity index (χ4v) is 2.83. The lowest BCUT2D eigenvalue weighted by molar-refractivity contribution is 0.304. The van der Waals surface area contributed by atoms with Crippen molar-refractivity contribution in [2.45, 2.75) is 20.0 Å². The van der Waals surface area contributed by atoms with Gasteiger partial charge >= 0.3 is 0 Å². The number of halogens is 1. The van der Waals surface area contributed by atoms with Gasteiger partial charge in [-0.15, -0.1) is 11.3 Å². The van der Waals surface area contributed by atoms with Crippen LogP contribution in [0.25, 0.3) is 0 Å². The Kier molecular flexibility index (Phi) is 5.08. The highest BCUT2D eigenvalue weighted by molar-refractivity contribution is 9.11. The fourth-order valence-electron chi connectivity index (χ4n) is 1.44. The first-order chi connectivity index (χ1) is 8.78. The summed E-state index contributed by atoms with van der Waals surface area (Å²) in [6.45, 7) is 3.45. The quantitative estimate of drug-likeness (QED) is 0.753. The van der Waals surface area contributed by atoms with Crippen molar-refractivity contribution in [1.82, 2.24) is 0 Å². The number of hydrogen-bond donors (Lipinski definition) is 0. The standard InChI is InChI=1S/C14H15BrO2S/c1-2-9-16-11-3-5-12(6-4-11)17-10-13-7-8-14(15)18-13/h3-8H,2,9-10H2,1H3. The van der Waals surface area contributed by atoms with Crippen LogP contribution in [0.4, 0.5) is 0 Å². The van der Waals surface area contributed by atoms with E-state index in [0.717, 1.165) is 28.3 Å². The summed E-state index contributed by atoms with van der Waals surface area (Å²) >= 11 is 5.13. The summed E-state index contributed by atoms with van der Waals surface area (Å²) in [5, 5.41) is 0. The normalized spacial score (nSPS) is 10.3. The van der Waals surface area contributed by atoms with Crippen LogP contribution >= 0.6 is 27.3 Å². The van der Waals surface area contributed by atoms with Gasteiger partial charge in [0.05, 0.1) is 10.4 Å². The Morgan fingerprint density at radius 2 is 1.67 bits per heavy atom. The van der Waals surface area contributed by atoms with Gasteiger partial charge in [0.2, 0.25) is 0 Å². The third-order valence-electron chi connectivity index (χ3n) is 2.31. The molecule has 2 aromatic rings. The molecule has 4 heteroatoms. The van der Waals surface area contributed by atoms with Crippen LogP contribution in [-0.2, 0) is 6.61 Å². The highest BCUT2D eigenvalue weighted by Gasteiger charge is 2.00.